The van der Waals surface area contributed by atoms with Crippen LogP contribution in [-0.2, 0) is 17.6 Å². The molecule has 4 heteroatoms. The summed E-state index contributed by atoms with van der Waals surface area (Å²) in [7, 11) is 0. The second-order valence-corrected chi connectivity index (χ2v) is 7.35. The van der Waals surface area contributed by atoms with E-state index in [1.165, 1.54) is 11.6 Å². The first kappa shape index (κ1) is 20.1. The molecule has 28 heavy (non-hydrogen) atoms. The van der Waals surface area contributed by atoms with E-state index in [1.54, 1.807) is 17.0 Å². The van der Waals surface area contributed by atoms with Gasteiger partial charge in [-0.15, -0.1) is 0 Å². The van der Waals surface area contributed by atoms with Crippen molar-refractivity contribution in [2.75, 3.05) is 11.4 Å². The molecule has 0 aromatic heterocycles. The van der Waals surface area contributed by atoms with Crippen LogP contribution in [-0.4, -0.2) is 12.5 Å². The van der Waals surface area contributed by atoms with Crippen LogP contribution in [0.25, 0.3) is 0 Å². The highest BCUT2D eigenvalue weighted by Gasteiger charge is 2.18. The molecule has 2 nitrogen and oxygen atoms in total. The summed E-state index contributed by atoms with van der Waals surface area (Å²) in [5.74, 6) is -0.434. The van der Waals surface area contributed by atoms with Gasteiger partial charge in [0.05, 0.1) is 11.4 Å². The SMILES string of the molecule is Cc1ccc(N(CCc2cccc(Cl)c2F)C(=O)Cc2ccccc2)cc1C. The summed E-state index contributed by atoms with van der Waals surface area (Å²) in [6.07, 6.45) is 0.686. The van der Waals surface area contributed by atoms with Crippen molar-refractivity contribution in [3.63, 3.8) is 0 Å². The summed E-state index contributed by atoms with van der Waals surface area (Å²) in [4.78, 5) is 14.8. The minimum atomic E-state index is -0.417. The Morgan fingerprint density at radius 2 is 1.71 bits per heavy atom. The maximum Gasteiger partial charge on any atom is 0.231 e. The maximum atomic E-state index is 14.3. The number of hydrogen-bond acceptors (Lipinski definition) is 1. The molecule has 0 spiro atoms. The lowest BCUT2D eigenvalue weighted by Crippen LogP contribution is -2.34. The lowest BCUT2D eigenvalue weighted by Gasteiger charge is -2.24. The van der Waals surface area contributed by atoms with Crippen LogP contribution >= 0.6 is 11.6 Å². The number of amides is 1. The van der Waals surface area contributed by atoms with Crippen LogP contribution in [0.3, 0.4) is 0 Å². The third-order valence-electron chi connectivity index (χ3n) is 4.94. The topological polar surface area (TPSA) is 20.3 Å². The molecule has 1 amide bonds. The molecule has 0 heterocycles. The maximum absolute atomic E-state index is 14.3. The fourth-order valence-electron chi connectivity index (χ4n) is 3.13. The highest BCUT2D eigenvalue weighted by molar-refractivity contribution is 6.30. The molecule has 0 N–H and O–H groups in total. The van der Waals surface area contributed by atoms with Gasteiger partial charge in [-0.25, -0.2) is 4.39 Å². The van der Waals surface area contributed by atoms with Crippen LogP contribution in [0.2, 0.25) is 5.02 Å². The summed E-state index contributed by atoms with van der Waals surface area (Å²) < 4.78 is 14.3. The molecular weight excluding hydrogens is 373 g/mol. The Kier molecular flexibility index (Phi) is 6.48. The Morgan fingerprint density at radius 3 is 2.43 bits per heavy atom. The van der Waals surface area contributed by atoms with E-state index in [0.29, 0.717) is 24.9 Å². The molecule has 0 saturated carbocycles. The lowest BCUT2D eigenvalue weighted by atomic mass is 10.1. The number of hydrogen-bond donors (Lipinski definition) is 0. The predicted octanol–water partition coefficient (Wildman–Crippen LogP) is 5.91. The fraction of sp³-hybridized carbons (Fsp3) is 0.208. The van der Waals surface area contributed by atoms with Crippen LogP contribution in [0.5, 0.6) is 0 Å². The quantitative estimate of drug-likeness (QED) is 0.507. The van der Waals surface area contributed by atoms with Crippen molar-refractivity contribution in [1.29, 1.82) is 0 Å². The molecule has 3 aromatic carbocycles. The van der Waals surface area contributed by atoms with Gasteiger partial charge >= 0.3 is 0 Å². The van der Waals surface area contributed by atoms with Gasteiger partial charge in [0.25, 0.3) is 0 Å². The Bertz CT molecular complexity index is 972. The molecule has 0 atom stereocenters. The normalized spacial score (nSPS) is 10.7. The summed E-state index contributed by atoms with van der Waals surface area (Å²) in [6, 6.07) is 20.6. The number of benzene rings is 3. The van der Waals surface area contributed by atoms with Crippen molar-refractivity contribution < 1.29 is 9.18 Å². The molecule has 0 aliphatic rings. The number of carbonyl (C=O) groups is 1. The highest BCUT2D eigenvalue weighted by Crippen LogP contribution is 2.23. The molecule has 3 aromatic rings. The van der Waals surface area contributed by atoms with E-state index >= 15 is 0 Å². The van der Waals surface area contributed by atoms with Crippen LogP contribution < -0.4 is 4.90 Å². The third kappa shape index (κ3) is 4.79. The zero-order chi connectivity index (χ0) is 20.1. The van der Waals surface area contributed by atoms with Gasteiger partial charge in [0.1, 0.15) is 5.82 Å². The van der Waals surface area contributed by atoms with Crippen molar-refractivity contribution in [1.82, 2.24) is 0 Å². The van der Waals surface area contributed by atoms with Crippen molar-refractivity contribution in [3.8, 4) is 0 Å². The second kappa shape index (κ2) is 9.03. The first-order chi connectivity index (χ1) is 13.5. The van der Waals surface area contributed by atoms with Gasteiger partial charge in [0.2, 0.25) is 5.91 Å². The zero-order valence-corrected chi connectivity index (χ0v) is 16.8. The molecule has 0 saturated heterocycles. The van der Waals surface area contributed by atoms with E-state index < -0.39 is 5.82 Å². The molecule has 0 unspecified atom stereocenters. The third-order valence-corrected chi connectivity index (χ3v) is 5.23. The van der Waals surface area contributed by atoms with Crippen molar-refractivity contribution in [3.05, 3.63) is 99.8 Å². The van der Waals surface area contributed by atoms with E-state index in [0.717, 1.165) is 16.8 Å². The van der Waals surface area contributed by atoms with Crippen LogP contribution in [0, 0.1) is 19.7 Å². The monoisotopic (exact) mass is 395 g/mol. The molecule has 0 aliphatic carbocycles. The molecule has 0 fully saturated rings. The second-order valence-electron chi connectivity index (χ2n) is 6.94. The number of nitrogens with zero attached hydrogens (tertiary/aromatic N) is 1. The highest BCUT2D eigenvalue weighted by atomic mass is 35.5. The molecule has 0 aliphatic heterocycles. The Hall–Kier alpha value is -2.65. The Balaban J connectivity index is 1.86. The van der Waals surface area contributed by atoms with Gasteiger partial charge in [0.15, 0.2) is 0 Å². The van der Waals surface area contributed by atoms with Gasteiger partial charge in [0, 0.05) is 12.2 Å². The van der Waals surface area contributed by atoms with Crippen LogP contribution in [0.4, 0.5) is 10.1 Å². The molecule has 0 bridgehead atoms. The molecule has 3 rings (SSSR count). The van der Waals surface area contributed by atoms with Gasteiger partial charge in [-0.1, -0.05) is 60.1 Å². The van der Waals surface area contributed by atoms with E-state index in [-0.39, 0.29) is 10.9 Å². The average molecular weight is 396 g/mol. The van der Waals surface area contributed by atoms with Crippen molar-refractivity contribution in [2.45, 2.75) is 26.7 Å². The number of rotatable bonds is 6. The Labute approximate surface area is 170 Å². The predicted molar refractivity (Wildman–Crippen MR) is 114 cm³/mol. The first-order valence-corrected chi connectivity index (χ1v) is 9.68. The Morgan fingerprint density at radius 1 is 0.964 bits per heavy atom. The fourth-order valence-corrected chi connectivity index (χ4v) is 3.33. The van der Waals surface area contributed by atoms with Gasteiger partial charge in [-0.3, -0.25) is 4.79 Å². The summed E-state index contributed by atoms with van der Waals surface area (Å²) >= 11 is 5.90. The molecular formula is C24H23ClFNO. The van der Waals surface area contributed by atoms with Crippen molar-refractivity contribution in [2.24, 2.45) is 0 Å². The first-order valence-electron chi connectivity index (χ1n) is 9.30. The van der Waals surface area contributed by atoms with Gasteiger partial charge in [-0.05, 0) is 60.7 Å². The zero-order valence-electron chi connectivity index (χ0n) is 16.1. The number of carbonyl (C=O) groups excluding carboxylic acids is 1. The molecule has 144 valence electrons. The van der Waals surface area contributed by atoms with E-state index in [4.69, 9.17) is 11.6 Å². The lowest BCUT2D eigenvalue weighted by molar-refractivity contribution is -0.118. The van der Waals surface area contributed by atoms with Gasteiger partial charge in [-0.2, -0.15) is 0 Å². The smallest absolute Gasteiger partial charge is 0.231 e. The number of aryl methyl sites for hydroxylation is 2. The standard InChI is InChI=1S/C24H23ClFNO/c1-17-11-12-21(15-18(17)2)27(23(28)16-19-7-4-3-5-8-19)14-13-20-9-6-10-22(25)24(20)26/h3-12,15H,13-14,16H2,1-2H3. The van der Waals surface area contributed by atoms with Gasteiger partial charge < -0.3 is 4.90 Å². The summed E-state index contributed by atoms with van der Waals surface area (Å²) in [5.41, 5.74) is 4.57. The minimum Gasteiger partial charge on any atom is -0.312 e. The molecule has 0 radical (unpaired) electrons. The largest absolute Gasteiger partial charge is 0.312 e. The average Bonchev–Trinajstić information content (AvgIpc) is 2.68. The minimum absolute atomic E-state index is 0.0168. The summed E-state index contributed by atoms with van der Waals surface area (Å²) in [6.45, 7) is 4.44. The number of anilines is 1. The van der Waals surface area contributed by atoms with E-state index in [1.807, 2.05) is 62.4 Å². The number of halogens is 2. The van der Waals surface area contributed by atoms with E-state index in [9.17, 15) is 9.18 Å². The van der Waals surface area contributed by atoms with Crippen LogP contribution in [0.15, 0.2) is 66.7 Å². The van der Waals surface area contributed by atoms with Crippen LogP contribution in [0.1, 0.15) is 22.3 Å². The van der Waals surface area contributed by atoms with Crippen molar-refractivity contribution >= 4 is 23.2 Å². The summed E-state index contributed by atoms with van der Waals surface area (Å²) in [5, 5.41) is 0.103. The van der Waals surface area contributed by atoms with E-state index in [2.05, 4.69) is 0 Å².